The molecule has 1 aromatic carbocycles. The number of hydrogen-bond acceptors (Lipinski definition) is 4. The van der Waals surface area contributed by atoms with Gasteiger partial charge in [-0.1, -0.05) is 78.6 Å². The predicted octanol–water partition coefficient (Wildman–Crippen LogP) is 10.5. The number of benzene rings is 1. The molecule has 2 aromatic rings. The molecule has 220 valence electrons. The van der Waals surface area contributed by atoms with Crippen molar-refractivity contribution < 1.29 is 8.85 Å². The number of aromatic nitrogens is 2. The van der Waals surface area contributed by atoms with Crippen LogP contribution in [0.4, 0.5) is 0 Å². The highest BCUT2D eigenvalue weighted by Crippen LogP contribution is 2.26. The second-order valence-corrected chi connectivity index (χ2v) is 21.6. The fraction of sp³-hybridized carbons (Fsp3) is 0.697. The predicted molar refractivity (Wildman–Crippen MR) is 174 cm³/mol. The molecule has 0 spiro atoms. The lowest BCUT2D eigenvalue weighted by molar-refractivity contribution is 0.314. The molecule has 0 saturated heterocycles. The van der Waals surface area contributed by atoms with Gasteiger partial charge in [-0.25, -0.2) is 9.97 Å². The number of nitrogens with zero attached hydrogens (tertiary/aromatic N) is 2. The Bertz CT molecular complexity index is 901. The largest absolute Gasteiger partial charge is 0.494 e. The molecular weight excluding hydrogens is 513 g/mol. The van der Waals surface area contributed by atoms with Crippen LogP contribution < -0.4 is 4.74 Å². The van der Waals surface area contributed by atoms with Gasteiger partial charge in [0.1, 0.15) is 5.75 Å². The van der Waals surface area contributed by atoms with Gasteiger partial charge in [-0.2, -0.15) is 0 Å². The van der Waals surface area contributed by atoms with Crippen LogP contribution in [0.25, 0.3) is 11.4 Å². The Labute approximate surface area is 243 Å². The summed E-state index contributed by atoms with van der Waals surface area (Å²) in [6, 6.07) is 10.6. The summed E-state index contributed by atoms with van der Waals surface area (Å²) in [5.41, 5.74) is 2.27. The van der Waals surface area contributed by atoms with Gasteiger partial charge < -0.3 is 8.85 Å². The Morgan fingerprint density at radius 2 is 1.33 bits per heavy atom. The molecule has 0 aliphatic rings. The highest BCUT2D eigenvalue weighted by molar-refractivity contribution is 6.84. The van der Waals surface area contributed by atoms with E-state index in [9.17, 15) is 0 Å². The summed E-state index contributed by atoms with van der Waals surface area (Å²) in [7, 11) is -3.26. The molecule has 4 nitrogen and oxygen atoms in total. The summed E-state index contributed by atoms with van der Waals surface area (Å²) >= 11 is 0. The molecule has 0 saturated carbocycles. The molecule has 0 fully saturated rings. The molecule has 0 radical (unpaired) electrons. The van der Waals surface area contributed by atoms with Gasteiger partial charge in [0.25, 0.3) is 0 Å². The van der Waals surface area contributed by atoms with Gasteiger partial charge in [0.15, 0.2) is 22.5 Å². The number of ether oxygens (including phenoxy) is 1. The topological polar surface area (TPSA) is 44.2 Å². The fourth-order valence-corrected chi connectivity index (χ4v) is 14.1. The number of rotatable bonds is 21. The van der Waals surface area contributed by atoms with E-state index in [1.165, 1.54) is 75.8 Å². The Morgan fingerprint density at radius 1 is 0.744 bits per heavy atom. The van der Waals surface area contributed by atoms with Crippen molar-refractivity contribution in [2.75, 3.05) is 6.61 Å². The Balaban J connectivity index is 1.68. The molecule has 6 heteroatoms. The van der Waals surface area contributed by atoms with E-state index in [2.05, 4.69) is 69.1 Å². The van der Waals surface area contributed by atoms with E-state index < -0.39 is 16.6 Å². The van der Waals surface area contributed by atoms with Crippen molar-refractivity contribution in [2.24, 2.45) is 5.92 Å². The molecule has 39 heavy (non-hydrogen) atoms. The normalized spacial score (nSPS) is 13.0. The van der Waals surface area contributed by atoms with Crippen LogP contribution in [0.5, 0.6) is 5.75 Å². The van der Waals surface area contributed by atoms with E-state index in [0.717, 1.165) is 48.5 Å². The SMILES string of the molecule is CCCCCCCCCCc1cnc(-c2ccc(OCCC[Si](C)(C)O[Si](C)(C)CCC(C)CC)cc2)nc1. The van der Waals surface area contributed by atoms with Crippen molar-refractivity contribution in [3.63, 3.8) is 0 Å². The van der Waals surface area contributed by atoms with Crippen LogP contribution in [0.3, 0.4) is 0 Å². The van der Waals surface area contributed by atoms with Crippen molar-refractivity contribution >= 4 is 16.6 Å². The van der Waals surface area contributed by atoms with Crippen molar-refractivity contribution in [1.29, 1.82) is 0 Å². The Morgan fingerprint density at radius 3 is 1.95 bits per heavy atom. The van der Waals surface area contributed by atoms with Gasteiger partial charge in [-0.05, 0) is 93.3 Å². The van der Waals surface area contributed by atoms with Gasteiger partial charge >= 0.3 is 0 Å². The van der Waals surface area contributed by atoms with E-state index in [0.29, 0.717) is 0 Å². The van der Waals surface area contributed by atoms with Crippen LogP contribution in [0.2, 0.25) is 38.3 Å². The third-order valence-electron chi connectivity index (χ3n) is 7.82. The molecule has 1 unspecified atom stereocenters. The van der Waals surface area contributed by atoms with Crippen molar-refractivity contribution in [3.8, 4) is 17.1 Å². The van der Waals surface area contributed by atoms with Crippen LogP contribution in [0.1, 0.15) is 97.0 Å². The second kappa shape index (κ2) is 18.0. The molecule has 0 N–H and O–H groups in total. The second-order valence-electron chi connectivity index (χ2n) is 12.8. The molecule has 0 aliphatic heterocycles. The van der Waals surface area contributed by atoms with Crippen molar-refractivity contribution in [1.82, 2.24) is 9.97 Å². The summed E-state index contributed by atoms with van der Waals surface area (Å²) in [6.45, 7) is 17.2. The summed E-state index contributed by atoms with van der Waals surface area (Å²) in [5, 5.41) is 0. The van der Waals surface area contributed by atoms with E-state index in [4.69, 9.17) is 8.85 Å². The zero-order chi connectivity index (χ0) is 28.6. The number of aryl methyl sites for hydroxylation is 1. The first-order valence-electron chi connectivity index (χ1n) is 15.9. The molecule has 0 bridgehead atoms. The van der Waals surface area contributed by atoms with E-state index in [-0.39, 0.29) is 0 Å². The van der Waals surface area contributed by atoms with Crippen molar-refractivity contribution in [2.45, 2.75) is 136 Å². The van der Waals surface area contributed by atoms with Gasteiger partial charge in [0, 0.05) is 18.0 Å². The fourth-order valence-electron chi connectivity index (χ4n) is 5.13. The highest BCUT2D eigenvalue weighted by atomic mass is 28.4. The zero-order valence-corrected chi connectivity index (χ0v) is 28.4. The number of unbranched alkanes of at least 4 members (excludes halogenated alkanes) is 7. The minimum atomic E-state index is -1.67. The summed E-state index contributed by atoms with van der Waals surface area (Å²) < 4.78 is 12.9. The first-order chi connectivity index (χ1) is 18.6. The third kappa shape index (κ3) is 14.6. The molecule has 1 aromatic heterocycles. The lowest BCUT2D eigenvalue weighted by Crippen LogP contribution is -2.44. The summed E-state index contributed by atoms with van der Waals surface area (Å²) in [6.07, 6.45) is 19.4. The molecule has 0 amide bonds. The Hall–Kier alpha value is -1.51. The van der Waals surface area contributed by atoms with Gasteiger partial charge in [0.05, 0.1) is 6.61 Å². The highest BCUT2D eigenvalue weighted by Gasteiger charge is 2.32. The third-order valence-corrected chi connectivity index (χ3v) is 15.3. The van der Waals surface area contributed by atoms with Crippen LogP contribution in [-0.4, -0.2) is 33.2 Å². The lowest BCUT2D eigenvalue weighted by Gasteiger charge is -2.34. The molecular formula is C33H58N2O2Si2. The maximum absolute atomic E-state index is 6.80. The molecule has 2 rings (SSSR count). The molecule has 1 heterocycles. The average Bonchev–Trinajstić information content (AvgIpc) is 2.91. The van der Waals surface area contributed by atoms with Crippen molar-refractivity contribution in [3.05, 3.63) is 42.2 Å². The van der Waals surface area contributed by atoms with Crippen LogP contribution in [0, 0.1) is 5.92 Å². The average molecular weight is 571 g/mol. The van der Waals surface area contributed by atoms with E-state index >= 15 is 0 Å². The zero-order valence-electron chi connectivity index (χ0n) is 26.4. The standard InChI is InChI=1S/C33H58N2O2Si2/c1-8-10-11-12-13-14-15-16-18-30-27-34-33(35-28-30)31-19-21-32(22-20-31)36-24-17-25-38(4,5)37-39(6,7)26-23-29(3)9-2/h19-22,27-29H,8-18,23-26H2,1-7H3. The van der Waals surface area contributed by atoms with E-state index in [1.54, 1.807) is 0 Å². The van der Waals surface area contributed by atoms with Gasteiger partial charge in [0.2, 0.25) is 0 Å². The monoisotopic (exact) mass is 570 g/mol. The maximum Gasteiger partial charge on any atom is 0.173 e. The minimum absolute atomic E-state index is 0.734. The molecule has 0 aliphatic carbocycles. The first-order valence-corrected chi connectivity index (χ1v) is 22.1. The smallest absolute Gasteiger partial charge is 0.173 e. The van der Waals surface area contributed by atoms with Crippen LogP contribution >= 0.6 is 0 Å². The van der Waals surface area contributed by atoms with Crippen LogP contribution in [0.15, 0.2) is 36.7 Å². The quantitative estimate of drug-likeness (QED) is 0.111. The maximum atomic E-state index is 6.80. The van der Waals surface area contributed by atoms with Crippen LogP contribution in [-0.2, 0) is 10.5 Å². The minimum Gasteiger partial charge on any atom is -0.494 e. The lowest BCUT2D eigenvalue weighted by atomic mass is 10.1. The first kappa shape index (κ1) is 33.7. The summed E-state index contributed by atoms with van der Waals surface area (Å²) in [4.78, 5) is 9.26. The van der Waals surface area contributed by atoms with Gasteiger partial charge in [-0.3, -0.25) is 0 Å². The molecule has 1 atom stereocenters. The Kier molecular flexibility index (Phi) is 15.6. The summed E-state index contributed by atoms with van der Waals surface area (Å²) in [5.74, 6) is 2.50. The van der Waals surface area contributed by atoms with Gasteiger partial charge in [-0.15, -0.1) is 0 Å². The number of hydrogen-bond donors (Lipinski definition) is 0. The van der Waals surface area contributed by atoms with E-state index in [1.807, 2.05) is 24.5 Å².